The fourth-order valence-electron chi connectivity index (χ4n) is 2.06. The molecule has 0 radical (unpaired) electrons. The van der Waals surface area contributed by atoms with Gasteiger partial charge in [-0.05, 0) is 55.7 Å². The van der Waals surface area contributed by atoms with Crippen LogP contribution in [-0.2, 0) is 4.79 Å². The van der Waals surface area contributed by atoms with Gasteiger partial charge in [0.2, 0.25) is 4.77 Å². The minimum atomic E-state index is -0.401. The van der Waals surface area contributed by atoms with Crippen LogP contribution in [0.15, 0.2) is 28.1 Å². The number of rotatable bonds is 5. The molecule has 0 atom stereocenters. The second-order valence-electron chi connectivity index (χ2n) is 5.58. The molecule has 1 aromatic carbocycles. The van der Waals surface area contributed by atoms with E-state index in [1.54, 1.807) is 25.1 Å². The van der Waals surface area contributed by atoms with Gasteiger partial charge in [-0.3, -0.25) is 14.7 Å². The van der Waals surface area contributed by atoms with Crippen LogP contribution in [0.25, 0.3) is 0 Å². The summed E-state index contributed by atoms with van der Waals surface area (Å²) in [5.74, 6) is 0.506. The zero-order valence-electron chi connectivity index (χ0n) is 13.7. The number of esters is 1. The lowest BCUT2D eigenvalue weighted by Gasteiger charge is -2.09. The minimum absolute atomic E-state index is 0.00512. The maximum Gasteiger partial charge on any atom is 0.314 e. The summed E-state index contributed by atoms with van der Waals surface area (Å²) in [7, 11) is 1.48. The van der Waals surface area contributed by atoms with Crippen molar-refractivity contribution in [2.45, 2.75) is 19.8 Å². The van der Waals surface area contributed by atoms with Crippen molar-refractivity contribution >= 4 is 24.4 Å². The third kappa shape index (κ3) is 3.82. The first-order valence-electron chi connectivity index (χ1n) is 7.62. The monoisotopic (exact) mass is 360 g/mol. The molecule has 3 rings (SSSR count). The second kappa shape index (κ2) is 6.98. The molecule has 8 nitrogen and oxygen atoms in total. The van der Waals surface area contributed by atoms with Crippen LogP contribution in [0.5, 0.6) is 11.5 Å². The Kier molecular flexibility index (Phi) is 4.75. The van der Waals surface area contributed by atoms with Crippen molar-refractivity contribution in [2.24, 2.45) is 11.0 Å². The van der Waals surface area contributed by atoms with E-state index < -0.39 is 5.56 Å². The van der Waals surface area contributed by atoms with E-state index in [-0.39, 0.29) is 22.4 Å². The average Bonchev–Trinajstić information content (AvgIpc) is 3.44. The molecule has 0 amide bonds. The molecule has 1 heterocycles. The van der Waals surface area contributed by atoms with E-state index in [1.807, 2.05) is 0 Å². The Morgan fingerprint density at radius 1 is 1.44 bits per heavy atom. The van der Waals surface area contributed by atoms with Gasteiger partial charge in [-0.25, -0.2) is 0 Å². The minimum Gasteiger partial charge on any atom is -0.493 e. The molecule has 0 aliphatic heterocycles. The van der Waals surface area contributed by atoms with E-state index in [1.165, 1.54) is 13.3 Å². The normalized spacial score (nSPS) is 13.8. The Labute approximate surface area is 148 Å². The quantitative estimate of drug-likeness (QED) is 0.378. The highest BCUT2D eigenvalue weighted by atomic mass is 32.1. The molecule has 0 bridgehead atoms. The van der Waals surface area contributed by atoms with Gasteiger partial charge in [0.1, 0.15) is 5.69 Å². The zero-order chi connectivity index (χ0) is 18.0. The largest absolute Gasteiger partial charge is 0.493 e. The van der Waals surface area contributed by atoms with Crippen molar-refractivity contribution < 1.29 is 14.3 Å². The average molecular weight is 360 g/mol. The molecule has 130 valence electrons. The van der Waals surface area contributed by atoms with Gasteiger partial charge in [0, 0.05) is 0 Å². The van der Waals surface area contributed by atoms with Crippen LogP contribution >= 0.6 is 12.2 Å². The summed E-state index contributed by atoms with van der Waals surface area (Å²) >= 11 is 5.01. The molecule has 25 heavy (non-hydrogen) atoms. The number of carbonyl (C=O) groups excluding carboxylic acids is 1. The van der Waals surface area contributed by atoms with Crippen LogP contribution in [0.4, 0.5) is 0 Å². The maximum absolute atomic E-state index is 12.0. The first-order valence-corrected chi connectivity index (χ1v) is 8.03. The predicted octanol–water partition coefficient (Wildman–Crippen LogP) is 1.82. The van der Waals surface area contributed by atoms with E-state index in [9.17, 15) is 9.59 Å². The van der Waals surface area contributed by atoms with E-state index in [0.717, 1.165) is 17.5 Å². The van der Waals surface area contributed by atoms with Crippen molar-refractivity contribution in [3.05, 3.63) is 44.6 Å². The van der Waals surface area contributed by atoms with Gasteiger partial charge in [0.05, 0.1) is 19.2 Å². The summed E-state index contributed by atoms with van der Waals surface area (Å²) in [6, 6.07) is 4.99. The molecule has 1 aliphatic rings. The van der Waals surface area contributed by atoms with E-state index in [2.05, 4.69) is 15.3 Å². The molecule has 9 heteroatoms. The molecule has 1 fully saturated rings. The van der Waals surface area contributed by atoms with Crippen molar-refractivity contribution in [3.63, 3.8) is 0 Å². The number of carbonyl (C=O) groups is 1. The Hall–Kier alpha value is -2.81. The van der Waals surface area contributed by atoms with E-state index in [0.29, 0.717) is 17.1 Å². The lowest BCUT2D eigenvalue weighted by atomic mass is 10.2. The molecule has 2 aromatic rings. The molecule has 1 aromatic heterocycles. The fourth-order valence-corrected chi connectivity index (χ4v) is 2.24. The zero-order valence-corrected chi connectivity index (χ0v) is 14.5. The van der Waals surface area contributed by atoms with Gasteiger partial charge in [-0.2, -0.15) is 14.9 Å². The Morgan fingerprint density at radius 3 is 2.88 bits per heavy atom. The summed E-state index contributed by atoms with van der Waals surface area (Å²) in [5, 5.41) is 10.4. The van der Waals surface area contributed by atoms with Gasteiger partial charge in [0.15, 0.2) is 11.5 Å². The first-order chi connectivity index (χ1) is 12.0. The van der Waals surface area contributed by atoms with Crippen LogP contribution in [-0.4, -0.2) is 34.2 Å². The third-order valence-electron chi connectivity index (χ3n) is 3.64. The molecule has 0 saturated heterocycles. The molecule has 0 unspecified atom stereocenters. The number of ether oxygens (including phenoxy) is 2. The van der Waals surface area contributed by atoms with Crippen molar-refractivity contribution in [1.82, 2.24) is 14.9 Å². The summed E-state index contributed by atoms with van der Waals surface area (Å²) in [4.78, 5) is 23.8. The molecule has 1 aliphatic carbocycles. The van der Waals surface area contributed by atoms with Crippen LogP contribution in [0.2, 0.25) is 0 Å². The first kappa shape index (κ1) is 17.0. The molecular weight excluding hydrogens is 344 g/mol. The highest BCUT2D eigenvalue weighted by Gasteiger charge is 2.32. The van der Waals surface area contributed by atoms with Crippen LogP contribution < -0.4 is 15.0 Å². The smallest absolute Gasteiger partial charge is 0.314 e. The number of aromatic nitrogens is 3. The molecule has 0 spiro atoms. The summed E-state index contributed by atoms with van der Waals surface area (Å²) in [6.07, 6.45) is 3.19. The number of methoxy groups -OCH3 is 1. The second-order valence-corrected chi connectivity index (χ2v) is 5.97. The summed E-state index contributed by atoms with van der Waals surface area (Å²) < 4.78 is 11.7. The number of aryl methyl sites for hydroxylation is 1. The van der Waals surface area contributed by atoms with E-state index >= 15 is 0 Å². The third-order valence-corrected chi connectivity index (χ3v) is 3.91. The predicted molar refractivity (Wildman–Crippen MR) is 92.8 cm³/mol. The van der Waals surface area contributed by atoms with Gasteiger partial charge in [-0.1, -0.05) is 0 Å². The van der Waals surface area contributed by atoms with E-state index in [4.69, 9.17) is 21.7 Å². The summed E-state index contributed by atoms with van der Waals surface area (Å²) in [5.41, 5.74) is 0.506. The SMILES string of the molecule is COc1cc(/C=N\n2c(=S)[nH]nc(C)c2=O)ccc1OC(=O)C1CC1. The number of H-pyrrole nitrogens is 1. The van der Waals surface area contributed by atoms with Gasteiger partial charge < -0.3 is 9.47 Å². The van der Waals surface area contributed by atoms with Gasteiger partial charge in [-0.15, -0.1) is 0 Å². The number of nitrogens with one attached hydrogen (secondary N) is 1. The fraction of sp³-hybridized carbons (Fsp3) is 0.312. The topological polar surface area (TPSA) is 98.6 Å². The van der Waals surface area contributed by atoms with Crippen molar-refractivity contribution in [2.75, 3.05) is 7.11 Å². The number of benzene rings is 1. The highest BCUT2D eigenvalue weighted by Crippen LogP contribution is 2.34. The molecule has 1 N–H and O–H groups in total. The van der Waals surface area contributed by atoms with Crippen LogP contribution in [0.1, 0.15) is 24.1 Å². The van der Waals surface area contributed by atoms with Gasteiger partial charge >= 0.3 is 5.97 Å². The highest BCUT2D eigenvalue weighted by molar-refractivity contribution is 7.71. The van der Waals surface area contributed by atoms with Crippen molar-refractivity contribution in [3.8, 4) is 11.5 Å². The van der Waals surface area contributed by atoms with Crippen molar-refractivity contribution in [1.29, 1.82) is 0 Å². The molecule has 1 saturated carbocycles. The maximum atomic E-state index is 12.0. The summed E-state index contributed by atoms with van der Waals surface area (Å²) in [6.45, 7) is 1.56. The Balaban J connectivity index is 1.86. The van der Waals surface area contributed by atoms with Crippen LogP contribution in [0, 0.1) is 17.6 Å². The number of hydrogen-bond donors (Lipinski definition) is 1. The lowest BCUT2D eigenvalue weighted by molar-refractivity contribution is -0.135. The number of aromatic amines is 1. The Morgan fingerprint density at radius 2 is 2.20 bits per heavy atom. The van der Waals surface area contributed by atoms with Gasteiger partial charge in [0.25, 0.3) is 5.56 Å². The standard InChI is InChI=1S/C16H16N4O4S/c1-9-14(21)20(16(25)19-18-9)17-8-10-3-6-12(13(7-10)23-2)24-15(22)11-4-5-11/h3,6-8,11H,4-5H2,1-2H3,(H,19,25)/b17-8-. The number of hydrogen-bond acceptors (Lipinski definition) is 7. The molecular formula is C16H16N4O4S. The lowest BCUT2D eigenvalue weighted by Crippen LogP contribution is -2.22. The Bertz CT molecular complexity index is 959. The van der Waals surface area contributed by atoms with Crippen LogP contribution in [0.3, 0.4) is 0 Å². The number of nitrogens with zero attached hydrogens (tertiary/aromatic N) is 3.